The summed E-state index contributed by atoms with van der Waals surface area (Å²) in [4.78, 5) is 3.95. The third-order valence-corrected chi connectivity index (χ3v) is 2.69. The van der Waals surface area contributed by atoms with E-state index in [2.05, 4.69) is 4.98 Å². The van der Waals surface area contributed by atoms with Crippen LogP contribution in [0.1, 0.15) is 11.4 Å². The van der Waals surface area contributed by atoms with E-state index in [4.69, 9.17) is 10.2 Å². The maximum Gasteiger partial charge on any atom is 0.199 e. The molecule has 13 heavy (non-hydrogen) atoms. The Kier molecular flexibility index (Phi) is 3.18. The van der Waals surface area contributed by atoms with Crippen molar-refractivity contribution in [3.8, 4) is 0 Å². The first-order valence-corrected chi connectivity index (χ1v) is 5.27. The molecule has 1 rings (SSSR count). The number of aliphatic hydroxyl groups is 2. The van der Waals surface area contributed by atoms with Gasteiger partial charge in [0, 0.05) is 13.3 Å². The number of hydrogen-bond acceptors (Lipinski definition) is 4. The van der Waals surface area contributed by atoms with Gasteiger partial charge < -0.3 is 14.8 Å². The third-order valence-electron chi connectivity index (χ3n) is 1.81. The van der Waals surface area contributed by atoms with Gasteiger partial charge in [-0.2, -0.15) is 0 Å². The molecule has 1 aromatic rings. The minimum absolute atomic E-state index is 0.212. The van der Waals surface area contributed by atoms with Gasteiger partial charge in [-0.3, -0.25) is 4.21 Å². The Hall–Kier alpha value is -0.720. The van der Waals surface area contributed by atoms with E-state index in [1.54, 1.807) is 11.6 Å². The second kappa shape index (κ2) is 3.99. The highest BCUT2D eigenvalue weighted by molar-refractivity contribution is 7.84. The van der Waals surface area contributed by atoms with Gasteiger partial charge in [0.1, 0.15) is 0 Å². The summed E-state index contributed by atoms with van der Waals surface area (Å²) >= 11 is 0. The van der Waals surface area contributed by atoms with Crippen molar-refractivity contribution >= 4 is 10.8 Å². The van der Waals surface area contributed by atoms with Crippen molar-refractivity contribution in [1.29, 1.82) is 0 Å². The van der Waals surface area contributed by atoms with Crippen molar-refractivity contribution in [3.05, 3.63) is 11.4 Å². The minimum Gasteiger partial charge on any atom is -0.390 e. The average molecular weight is 204 g/mol. The van der Waals surface area contributed by atoms with Gasteiger partial charge >= 0.3 is 0 Å². The maximum absolute atomic E-state index is 11.1. The first-order valence-electron chi connectivity index (χ1n) is 3.71. The van der Waals surface area contributed by atoms with Crippen molar-refractivity contribution in [2.75, 3.05) is 6.26 Å². The van der Waals surface area contributed by atoms with Crippen LogP contribution in [0.2, 0.25) is 0 Å². The number of aliphatic hydroxyl groups excluding tert-OH is 2. The molecule has 0 aliphatic heterocycles. The van der Waals surface area contributed by atoms with Crippen molar-refractivity contribution in [2.45, 2.75) is 18.4 Å². The Bertz CT molecular complexity index is 335. The molecule has 0 spiro atoms. The summed E-state index contributed by atoms with van der Waals surface area (Å²) in [5.41, 5.74) is 0.892. The number of aromatic nitrogens is 2. The van der Waals surface area contributed by atoms with E-state index in [0.717, 1.165) is 0 Å². The molecule has 74 valence electrons. The van der Waals surface area contributed by atoms with E-state index in [0.29, 0.717) is 16.5 Å². The summed E-state index contributed by atoms with van der Waals surface area (Å²) in [7, 11) is 0.458. The number of rotatable bonds is 3. The van der Waals surface area contributed by atoms with Crippen molar-refractivity contribution in [1.82, 2.24) is 9.55 Å². The van der Waals surface area contributed by atoms with Crippen LogP contribution in [0.25, 0.3) is 0 Å². The van der Waals surface area contributed by atoms with Gasteiger partial charge in [0.15, 0.2) is 5.16 Å². The van der Waals surface area contributed by atoms with Gasteiger partial charge in [-0.15, -0.1) is 0 Å². The van der Waals surface area contributed by atoms with Gasteiger partial charge in [-0.05, 0) is 0 Å². The van der Waals surface area contributed by atoms with Gasteiger partial charge in [-0.1, -0.05) is 0 Å². The standard InChI is InChI=1S/C7H12N2O3S/c1-9-6(4-11)5(3-10)8-7(9)13(2)12/h10-11H,3-4H2,1-2H3. The van der Waals surface area contributed by atoms with Crippen LogP contribution in [-0.4, -0.2) is 30.2 Å². The summed E-state index contributed by atoms with van der Waals surface area (Å²) in [6.07, 6.45) is 1.50. The summed E-state index contributed by atoms with van der Waals surface area (Å²) in [6, 6.07) is 0. The van der Waals surface area contributed by atoms with Crippen LogP contribution in [0.4, 0.5) is 0 Å². The Balaban J connectivity index is 3.26. The molecule has 1 unspecified atom stereocenters. The largest absolute Gasteiger partial charge is 0.390 e. The summed E-state index contributed by atoms with van der Waals surface area (Å²) in [5.74, 6) is 0. The molecule has 6 heteroatoms. The van der Waals surface area contributed by atoms with Crippen LogP contribution in [0.5, 0.6) is 0 Å². The average Bonchev–Trinajstić information content (AvgIpc) is 2.41. The zero-order valence-electron chi connectivity index (χ0n) is 7.52. The lowest BCUT2D eigenvalue weighted by Crippen LogP contribution is -2.03. The van der Waals surface area contributed by atoms with Gasteiger partial charge in [0.05, 0.1) is 35.4 Å². The second-order valence-electron chi connectivity index (χ2n) is 2.62. The lowest BCUT2D eigenvalue weighted by atomic mass is 10.3. The van der Waals surface area contributed by atoms with E-state index in [1.807, 2.05) is 0 Å². The Morgan fingerprint density at radius 1 is 1.46 bits per heavy atom. The molecule has 0 radical (unpaired) electrons. The van der Waals surface area contributed by atoms with Crippen LogP contribution in [-0.2, 0) is 31.1 Å². The molecule has 0 aromatic carbocycles. The number of imidazole rings is 1. The topological polar surface area (TPSA) is 75.4 Å². The highest BCUT2D eigenvalue weighted by atomic mass is 32.2. The van der Waals surface area contributed by atoms with Crippen LogP contribution in [0.3, 0.4) is 0 Å². The van der Waals surface area contributed by atoms with E-state index in [1.165, 1.54) is 6.26 Å². The monoisotopic (exact) mass is 204 g/mol. The fourth-order valence-electron chi connectivity index (χ4n) is 1.15. The Morgan fingerprint density at radius 3 is 2.38 bits per heavy atom. The molecule has 0 saturated carbocycles. The highest BCUT2D eigenvalue weighted by Crippen LogP contribution is 2.12. The second-order valence-corrected chi connectivity index (χ2v) is 3.89. The smallest absolute Gasteiger partial charge is 0.199 e. The van der Waals surface area contributed by atoms with Crippen molar-refractivity contribution < 1.29 is 14.4 Å². The molecule has 5 nitrogen and oxygen atoms in total. The minimum atomic E-state index is -1.20. The molecular weight excluding hydrogens is 192 g/mol. The first-order chi connectivity index (χ1) is 6.11. The lowest BCUT2D eigenvalue weighted by Gasteiger charge is -2.00. The molecule has 0 bridgehead atoms. The van der Waals surface area contributed by atoms with Crippen LogP contribution < -0.4 is 0 Å². The summed E-state index contributed by atoms with van der Waals surface area (Å²) in [6.45, 7) is -0.461. The molecule has 0 fully saturated rings. The fourth-order valence-corrected chi connectivity index (χ4v) is 1.88. The van der Waals surface area contributed by atoms with E-state index < -0.39 is 10.8 Å². The zero-order chi connectivity index (χ0) is 10.0. The fraction of sp³-hybridized carbons (Fsp3) is 0.571. The molecule has 0 aliphatic rings. The zero-order valence-corrected chi connectivity index (χ0v) is 8.34. The molecule has 1 aromatic heterocycles. The maximum atomic E-state index is 11.1. The Labute approximate surface area is 78.5 Å². The van der Waals surface area contributed by atoms with Crippen LogP contribution in [0.15, 0.2) is 5.16 Å². The van der Waals surface area contributed by atoms with Gasteiger partial charge in [-0.25, -0.2) is 4.98 Å². The highest BCUT2D eigenvalue weighted by Gasteiger charge is 2.14. The molecule has 0 amide bonds. The first kappa shape index (κ1) is 10.4. The predicted molar refractivity (Wildman–Crippen MR) is 47.4 cm³/mol. The van der Waals surface area contributed by atoms with Gasteiger partial charge in [0.25, 0.3) is 0 Å². The van der Waals surface area contributed by atoms with Crippen LogP contribution >= 0.6 is 0 Å². The van der Waals surface area contributed by atoms with E-state index in [-0.39, 0.29) is 13.2 Å². The van der Waals surface area contributed by atoms with Crippen molar-refractivity contribution in [3.63, 3.8) is 0 Å². The SMILES string of the molecule is Cn1c(S(C)=O)nc(CO)c1CO. The third kappa shape index (κ3) is 1.79. The number of nitrogens with zero attached hydrogens (tertiary/aromatic N) is 2. The van der Waals surface area contributed by atoms with Gasteiger partial charge in [0.2, 0.25) is 0 Å². The molecule has 2 N–H and O–H groups in total. The molecule has 1 atom stereocenters. The normalized spacial score (nSPS) is 13.2. The summed E-state index contributed by atoms with van der Waals surface area (Å²) < 4.78 is 12.7. The summed E-state index contributed by atoms with van der Waals surface area (Å²) in [5, 5.41) is 18.2. The quantitative estimate of drug-likeness (QED) is 0.672. The molecule has 0 saturated heterocycles. The van der Waals surface area contributed by atoms with Crippen molar-refractivity contribution in [2.24, 2.45) is 7.05 Å². The van der Waals surface area contributed by atoms with E-state index in [9.17, 15) is 4.21 Å². The number of hydrogen-bond donors (Lipinski definition) is 2. The predicted octanol–water partition coefficient (Wildman–Crippen LogP) is -0.858. The van der Waals surface area contributed by atoms with Crippen LogP contribution in [0, 0.1) is 0 Å². The molecule has 1 heterocycles. The molecule has 0 aliphatic carbocycles. The molecular formula is C7H12N2O3S. The lowest BCUT2D eigenvalue weighted by molar-refractivity contribution is 0.251. The Morgan fingerprint density at radius 2 is 2.08 bits per heavy atom. The van der Waals surface area contributed by atoms with E-state index >= 15 is 0 Å².